The van der Waals surface area contributed by atoms with Gasteiger partial charge in [0.25, 0.3) is 5.91 Å². The lowest BCUT2D eigenvalue weighted by molar-refractivity contribution is -0.0412. The molecule has 1 N–H and O–H groups in total. The normalized spacial score (nSPS) is 15.6. The summed E-state index contributed by atoms with van der Waals surface area (Å²) in [6.07, 6.45) is 8.94. The maximum Gasteiger partial charge on any atom is 0.251 e. The van der Waals surface area contributed by atoms with Gasteiger partial charge in [-0.2, -0.15) is 0 Å². The van der Waals surface area contributed by atoms with E-state index >= 15 is 0 Å². The summed E-state index contributed by atoms with van der Waals surface area (Å²) < 4.78 is 5.97. The second kappa shape index (κ2) is 14.5. The zero-order valence-corrected chi connectivity index (χ0v) is 24.2. The van der Waals surface area contributed by atoms with E-state index in [-0.39, 0.29) is 17.8 Å². The zero-order chi connectivity index (χ0) is 27.7. The van der Waals surface area contributed by atoms with Crippen molar-refractivity contribution in [3.63, 3.8) is 0 Å². The van der Waals surface area contributed by atoms with Crippen molar-refractivity contribution in [2.24, 2.45) is 5.92 Å². The van der Waals surface area contributed by atoms with Crippen LogP contribution in [0.3, 0.4) is 0 Å². The molecule has 1 amide bonds. The Hall–Kier alpha value is -2.63. The number of ketones is 1. The van der Waals surface area contributed by atoms with E-state index < -0.39 is 0 Å². The smallest absolute Gasteiger partial charge is 0.251 e. The highest BCUT2D eigenvalue weighted by Crippen LogP contribution is 2.23. The first-order valence-electron chi connectivity index (χ1n) is 14.0. The third-order valence-electron chi connectivity index (χ3n) is 7.49. The van der Waals surface area contributed by atoms with Crippen molar-refractivity contribution in [3.8, 4) is 0 Å². The van der Waals surface area contributed by atoms with Gasteiger partial charge in [0.1, 0.15) is 0 Å². The molecule has 0 bridgehead atoms. The molecule has 1 saturated carbocycles. The van der Waals surface area contributed by atoms with Crippen LogP contribution in [-0.2, 0) is 11.2 Å². The third kappa shape index (κ3) is 8.44. The standard InChI is InChI=1S/C32H43ClN2O3/c1-6-24(12-18-31(36)25-13-15-26(33)16-14-25)20-35(5)21-30-22(3)11-17-29(28(30)7-2)32(37)34-19-23(4)38-27-9-8-10-27/h11,13-17,21,23-24,27H,3,6-10,12,18-20H2,1-2,4-5H3,(H,34,37)/b30-21+. The van der Waals surface area contributed by atoms with Gasteiger partial charge in [0.2, 0.25) is 0 Å². The van der Waals surface area contributed by atoms with Crippen LogP contribution in [0, 0.1) is 5.92 Å². The number of rotatable bonds is 14. The maximum absolute atomic E-state index is 13.1. The molecule has 206 valence electrons. The number of Topliss-reactive ketones (excluding diaryl/α,β-unsaturated/α-hetero) is 1. The molecule has 3 rings (SSSR count). The van der Waals surface area contributed by atoms with E-state index in [4.69, 9.17) is 16.3 Å². The molecule has 2 aromatic carbocycles. The Morgan fingerprint density at radius 1 is 1.18 bits per heavy atom. The molecule has 2 atom stereocenters. The van der Waals surface area contributed by atoms with Crippen molar-refractivity contribution in [1.82, 2.24) is 10.2 Å². The van der Waals surface area contributed by atoms with Gasteiger partial charge in [-0.05, 0) is 86.1 Å². The number of amides is 1. The van der Waals surface area contributed by atoms with E-state index in [9.17, 15) is 9.59 Å². The van der Waals surface area contributed by atoms with E-state index in [1.807, 2.05) is 19.1 Å². The van der Waals surface area contributed by atoms with Gasteiger partial charge < -0.3 is 15.0 Å². The molecule has 1 aliphatic carbocycles. The molecule has 2 aromatic rings. The number of hydrogen-bond donors (Lipinski definition) is 1. The van der Waals surface area contributed by atoms with Crippen molar-refractivity contribution >= 4 is 36.1 Å². The molecular formula is C32H43ClN2O3. The highest BCUT2D eigenvalue weighted by Gasteiger charge is 2.21. The van der Waals surface area contributed by atoms with Gasteiger partial charge in [-0.3, -0.25) is 9.59 Å². The minimum atomic E-state index is -0.0737. The molecule has 0 aliphatic heterocycles. The molecule has 0 heterocycles. The Labute approximate surface area is 232 Å². The molecule has 0 aromatic heterocycles. The Balaban J connectivity index is 1.65. The summed E-state index contributed by atoms with van der Waals surface area (Å²) in [5.74, 6) is 0.441. The topological polar surface area (TPSA) is 58.6 Å². The van der Waals surface area contributed by atoms with Crippen LogP contribution in [0.4, 0.5) is 0 Å². The zero-order valence-electron chi connectivity index (χ0n) is 23.4. The van der Waals surface area contributed by atoms with Crippen LogP contribution in [0.1, 0.15) is 85.6 Å². The average Bonchev–Trinajstić information content (AvgIpc) is 2.88. The molecule has 0 saturated heterocycles. The Morgan fingerprint density at radius 2 is 1.89 bits per heavy atom. The van der Waals surface area contributed by atoms with Gasteiger partial charge in [0.05, 0.1) is 12.2 Å². The molecule has 6 heteroatoms. The van der Waals surface area contributed by atoms with E-state index in [2.05, 4.69) is 43.9 Å². The number of carbonyl (C=O) groups is 2. The maximum atomic E-state index is 13.1. The third-order valence-corrected chi connectivity index (χ3v) is 7.74. The molecule has 0 radical (unpaired) electrons. The number of nitrogens with one attached hydrogen (secondary N) is 1. The van der Waals surface area contributed by atoms with Gasteiger partial charge in [0, 0.05) is 54.1 Å². The molecule has 38 heavy (non-hydrogen) atoms. The van der Waals surface area contributed by atoms with Crippen molar-refractivity contribution in [2.45, 2.75) is 77.9 Å². The van der Waals surface area contributed by atoms with Crippen LogP contribution >= 0.6 is 11.6 Å². The largest absolute Gasteiger partial charge is 0.380 e. The van der Waals surface area contributed by atoms with Crippen LogP contribution in [0.2, 0.25) is 5.02 Å². The summed E-state index contributed by atoms with van der Waals surface area (Å²) in [6, 6.07) is 10.9. The lowest BCUT2D eigenvalue weighted by Crippen LogP contribution is -2.38. The van der Waals surface area contributed by atoms with E-state index in [0.29, 0.717) is 41.1 Å². The number of halogens is 1. The Kier molecular flexibility index (Phi) is 11.4. The molecular weight excluding hydrogens is 496 g/mol. The monoisotopic (exact) mass is 538 g/mol. The Morgan fingerprint density at radius 3 is 2.50 bits per heavy atom. The molecule has 1 fully saturated rings. The number of ether oxygens (including phenoxy) is 1. The number of carbonyl (C=O) groups excluding carboxylic acids is 2. The molecule has 2 unspecified atom stereocenters. The summed E-state index contributed by atoms with van der Waals surface area (Å²) in [4.78, 5) is 27.9. The first-order valence-corrected chi connectivity index (χ1v) is 14.3. The number of nitrogens with zero attached hydrogens (tertiary/aromatic N) is 1. The summed E-state index contributed by atoms with van der Waals surface area (Å²) >= 11 is 5.95. The fourth-order valence-electron chi connectivity index (χ4n) is 4.90. The predicted octanol–water partition coefficient (Wildman–Crippen LogP) is 5.36. The molecule has 1 aliphatic rings. The van der Waals surface area contributed by atoms with Crippen molar-refractivity contribution in [1.29, 1.82) is 0 Å². The summed E-state index contributed by atoms with van der Waals surface area (Å²) in [7, 11) is 2.05. The fraction of sp³-hybridized carbons (Fsp3) is 0.500. The lowest BCUT2D eigenvalue weighted by Gasteiger charge is -2.29. The van der Waals surface area contributed by atoms with Crippen LogP contribution in [0.25, 0.3) is 12.8 Å². The first kappa shape index (κ1) is 29.9. The fourth-order valence-corrected chi connectivity index (χ4v) is 5.03. The summed E-state index contributed by atoms with van der Waals surface area (Å²) in [6.45, 7) is 11.8. The van der Waals surface area contributed by atoms with E-state index in [0.717, 1.165) is 54.6 Å². The van der Waals surface area contributed by atoms with Crippen molar-refractivity contribution in [2.75, 3.05) is 20.1 Å². The summed E-state index contributed by atoms with van der Waals surface area (Å²) in [5, 5.41) is 5.59. The van der Waals surface area contributed by atoms with Gasteiger partial charge in [-0.25, -0.2) is 0 Å². The molecule has 0 spiro atoms. The van der Waals surface area contributed by atoms with Crippen LogP contribution in [0.5, 0.6) is 0 Å². The van der Waals surface area contributed by atoms with Crippen LogP contribution in [0.15, 0.2) is 36.4 Å². The van der Waals surface area contributed by atoms with Gasteiger partial charge in [-0.15, -0.1) is 0 Å². The van der Waals surface area contributed by atoms with Crippen molar-refractivity contribution < 1.29 is 14.3 Å². The quantitative estimate of drug-likeness (QED) is 0.329. The van der Waals surface area contributed by atoms with Crippen molar-refractivity contribution in [3.05, 3.63) is 68.5 Å². The first-order chi connectivity index (χ1) is 18.2. The predicted molar refractivity (Wildman–Crippen MR) is 157 cm³/mol. The minimum Gasteiger partial charge on any atom is -0.380 e. The number of hydrogen-bond acceptors (Lipinski definition) is 4. The molecule has 5 nitrogen and oxygen atoms in total. The van der Waals surface area contributed by atoms with Crippen LogP contribution in [-0.4, -0.2) is 48.9 Å². The highest BCUT2D eigenvalue weighted by atomic mass is 35.5. The minimum absolute atomic E-state index is 0.00356. The van der Waals surface area contributed by atoms with Gasteiger partial charge in [0.15, 0.2) is 5.78 Å². The lowest BCUT2D eigenvalue weighted by atomic mass is 9.96. The van der Waals surface area contributed by atoms with E-state index in [1.54, 1.807) is 24.3 Å². The second-order valence-corrected chi connectivity index (χ2v) is 11.0. The van der Waals surface area contributed by atoms with Gasteiger partial charge in [-0.1, -0.05) is 44.5 Å². The summed E-state index contributed by atoms with van der Waals surface area (Å²) in [5.41, 5.74) is 2.40. The number of benzene rings is 2. The second-order valence-electron chi connectivity index (χ2n) is 10.5. The Bertz CT molecular complexity index is 1190. The van der Waals surface area contributed by atoms with Crippen LogP contribution < -0.4 is 15.8 Å². The average molecular weight is 539 g/mol. The highest BCUT2D eigenvalue weighted by molar-refractivity contribution is 6.30. The van der Waals surface area contributed by atoms with Gasteiger partial charge >= 0.3 is 0 Å². The SMILES string of the molecule is C=c1ccc(C(=O)NCC(C)OC2CCC2)c(CC)/c1=C/N(C)CC(CC)CCC(=O)c1ccc(Cl)cc1. The van der Waals surface area contributed by atoms with E-state index in [1.165, 1.54) is 6.42 Å².